The zero-order valence-corrected chi connectivity index (χ0v) is 11.0. The minimum atomic E-state index is 0.303. The molecule has 0 saturated carbocycles. The molecule has 16 heavy (non-hydrogen) atoms. The van der Waals surface area contributed by atoms with Gasteiger partial charge in [0.1, 0.15) is 0 Å². The van der Waals surface area contributed by atoms with E-state index in [4.69, 9.17) is 10.8 Å². The average Bonchev–Trinajstić information content (AvgIpc) is 2.26. The van der Waals surface area contributed by atoms with E-state index in [9.17, 15) is 0 Å². The van der Waals surface area contributed by atoms with Crippen molar-refractivity contribution in [3.63, 3.8) is 0 Å². The van der Waals surface area contributed by atoms with Crippen molar-refractivity contribution in [2.24, 2.45) is 0 Å². The van der Waals surface area contributed by atoms with Gasteiger partial charge in [-0.3, -0.25) is 0 Å². The highest BCUT2D eigenvalue weighted by molar-refractivity contribution is 9.10. The van der Waals surface area contributed by atoms with Crippen LogP contribution in [-0.4, -0.2) is 18.3 Å². The van der Waals surface area contributed by atoms with Crippen molar-refractivity contribution in [3.8, 4) is 0 Å². The summed E-state index contributed by atoms with van der Waals surface area (Å²) in [6, 6.07) is 5.76. The Hall–Kier alpha value is -0.740. The van der Waals surface area contributed by atoms with Crippen molar-refractivity contribution in [3.05, 3.63) is 22.7 Å². The molecule has 0 bridgehead atoms. The number of anilines is 2. The first-order chi connectivity index (χ1) is 7.74. The summed E-state index contributed by atoms with van der Waals surface area (Å²) in [7, 11) is 0. The van der Waals surface area contributed by atoms with Crippen LogP contribution in [0.2, 0.25) is 0 Å². The highest BCUT2D eigenvalue weighted by Gasteiger charge is 1.98. The van der Waals surface area contributed by atoms with Crippen molar-refractivity contribution in [1.29, 1.82) is 0 Å². The fourth-order valence-corrected chi connectivity index (χ4v) is 2.02. The van der Waals surface area contributed by atoms with Gasteiger partial charge in [-0.05, 0) is 47.0 Å². The fourth-order valence-electron chi connectivity index (χ4n) is 1.49. The SMILES string of the molecule is Nc1ccc(NCCCCCCO)c(Br)c1. The van der Waals surface area contributed by atoms with Crippen LogP contribution in [0.4, 0.5) is 11.4 Å². The Labute approximate surface area is 105 Å². The Kier molecular flexibility index (Phi) is 6.26. The largest absolute Gasteiger partial charge is 0.399 e. The summed E-state index contributed by atoms with van der Waals surface area (Å²) >= 11 is 3.47. The summed E-state index contributed by atoms with van der Waals surface area (Å²) in [4.78, 5) is 0. The Balaban J connectivity index is 2.21. The van der Waals surface area contributed by atoms with E-state index < -0.39 is 0 Å². The maximum atomic E-state index is 8.63. The second-order valence-corrected chi connectivity index (χ2v) is 4.66. The van der Waals surface area contributed by atoms with Gasteiger partial charge in [-0.25, -0.2) is 0 Å². The lowest BCUT2D eigenvalue weighted by molar-refractivity contribution is 0.283. The number of benzene rings is 1. The van der Waals surface area contributed by atoms with E-state index in [-0.39, 0.29) is 0 Å². The van der Waals surface area contributed by atoms with Crippen LogP contribution in [0.3, 0.4) is 0 Å². The number of nitrogens with one attached hydrogen (secondary N) is 1. The molecule has 0 amide bonds. The van der Waals surface area contributed by atoms with Crippen LogP contribution in [0.1, 0.15) is 25.7 Å². The van der Waals surface area contributed by atoms with Gasteiger partial charge in [0.05, 0.1) is 0 Å². The predicted octanol–water partition coefficient (Wildman–Crippen LogP) is 3.00. The summed E-state index contributed by atoms with van der Waals surface area (Å²) in [5.41, 5.74) is 7.50. The Morgan fingerprint density at radius 1 is 1.19 bits per heavy atom. The average molecular weight is 287 g/mol. The number of rotatable bonds is 7. The topological polar surface area (TPSA) is 58.3 Å². The fraction of sp³-hybridized carbons (Fsp3) is 0.500. The molecule has 1 rings (SSSR count). The third-order valence-corrected chi connectivity index (χ3v) is 3.05. The van der Waals surface area contributed by atoms with E-state index in [2.05, 4.69) is 21.2 Å². The second-order valence-electron chi connectivity index (χ2n) is 3.80. The van der Waals surface area contributed by atoms with Crippen molar-refractivity contribution < 1.29 is 5.11 Å². The molecule has 1 aromatic carbocycles. The zero-order chi connectivity index (χ0) is 11.8. The third kappa shape index (κ3) is 4.86. The number of hydrogen-bond donors (Lipinski definition) is 3. The molecule has 4 N–H and O–H groups in total. The number of nitrogen functional groups attached to an aromatic ring is 1. The minimum absolute atomic E-state index is 0.303. The molecule has 1 aromatic rings. The minimum Gasteiger partial charge on any atom is -0.399 e. The second kappa shape index (κ2) is 7.52. The molecule has 0 radical (unpaired) electrons. The summed E-state index contributed by atoms with van der Waals surface area (Å²) < 4.78 is 1.00. The Morgan fingerprint density at radius 2 is 1.94 bits per heavy atom. The van der Waals surface area contributed by atoms with E-state index >= 15 is 0 Å². The van der Waals surface area contributed by atoms with Gasteiger partial charge >= 0.3 is 0 Å². The maximum absolute atomic E-state index is 8.63. The first kappa shape index (κ1) is 13.3. The van der Waals surface area contributed by atoms with Gasteiger partial charge < -0.3 is 16.2 Å². The number of aliphatic hydroxyl groups is 1. The van der Waals surface area contributed by atoms with Crippen LogP contribution in [0.5, 0.6) is 0 Å². The monoisotopic (exact) mass is 286 g/mol. The summed E-state index contributed by atoms with van der Waals surface area (Å²) in [5.74, 6) is 0. The van der Waals surface area contributed by atoms with Crippen LogP contribution in [0, 0.1) is 0 Å². The molecule has 90 valence electrons. The van der Waals surface area contributed by atoms with E-state index in [1.54, 1.807) is 0 Å². The quantitative estimate of drug-likeness (QED) is 0.533. The van der Waals surface area contributed by atoms with Crippen LogP contribution in [0.25, 0.3) is 0 Å². The summed E-state index contributed by atoms with van der Waals surface area (Å²) in [6.45, 7) is 1.25. The smallest absolute Gasteiger partial charge is 0.0486 e. The number of aliphatic hydroxyl groups excluding tert-OH is 1. The zero-order valence-electron chi connectivity index (χ0n) is 9.38. The summed E-state index contributed by atoms with van der Waals surface area (Å²) in [6.07, 6.45) is 4.28. The van der Waals surface area contributed by atoms with E-state index in [1.165, 1.54) is 0 Å². The molecule has 0 aromatic heterocycles. The molecular weight excluding hydrogens is 268 g/mol. The molecule has 0 aliphatic heterocycles. The molecule has 0 heterocycles. The molecule has 0 saturated heterocycles. The van der Waals surface area contributed by atoms with Gasteiger partial charge in [-0.1, -0.05) is 12.8 Å². The van der Waals surface area contributed by atoms with Crippen LogP contribution < -0.4 is 11.1 Å². The lowest BCUT2D eigenvalue weighted by Gasteiger charge is -2.08. The van der Waals surface area contributed by atoms with Gasteiger partial charge in [0.15, 0.2) is 0 Å². The highest BCUT2D eigenvalue weighted by atomic mass is 79.9. The Morgan fingerprint density at radius 3 is 2.62 bits per heavy atom. The molecule has 0 atom stereocenters. The molecule has 0 spiro atoms. The van der Waals surface area contributed by atoms with E-state index in [0.29, 0.717) is 6.61 Å². The molecule has 0 fully saturated rings. The third-order valence-electron chi connectivity index (χ3n) is 2.39. The Bertz CT molecular complexity index is 318. The van der Waals surface area contributed by atoms with Crippen molar-refractivity contribution in [2.75, 3.05) is 24.2 Å². The lowest BCUT2D eigenvalue weighted by atomic mass is 10.2. The summed E-state index contributed by atoms with van der Waals surface area (Å²) in [5, 5.41) is 12.0. The predicted molar refractivity (Wildman–Crippen MR) is 72.6 cm³/mol. The normalized spacial score (nSPS) is 10.4. The van der Waals surface area contributed by atoms with E-state index in [0.717, 1.165) is 48.1 Å². The first-order valence-corrected chi connectivity index (χ1v) is 6.43. The highest BCUT2D eigenvalue weighted by Crippen LogP contribution is 2.24. The van der Waals surface area contributed by atoms with Crippen LogP contribution >= 0.6 is 15.9 Å². The number of unbranched alkanes of at least 4 members (excludes halogenated alkanes) is 3. The molecule has 0 unspecified atom stereocenters. The molecular formula is C12H19BrN2O. The van der Waals surface area contributed by atoms with Crippen LogP contribution in [0.15, 0.2) is 22.7 Å². The number of hydrogen-bond acceptors (Lipinski definition) is 3. The van der Waals surface area contributed by atoms with Crippen molar-refractivity contribution in [2.45, 2.75) is 25.7 Å². The molecule has 3 nitrogen and oxygen atoms in total. The van der Waals surface area contributed by atoms with Gasteiger partial charge in [0.2, 0.25) is 0 Å². The van der Waals surface area contributed by atoms with Crippen molar-refractivity contribution >= 4 is 27.3 Å². The first-order valence-electron chi connectivity index (χ1n) is 5.64. The lowest BCUT2D eigenvalue weighted by Crippen LogP contribution is -2.02. The maximum Gasteiger partial charge on any atom is 0.0486 e. The molecule has 4 heteroatoms. The van der Waals surface area contributed by atoms with Gasteiger partial charge in [-0.2, -0.15) is 0 Å². The molecule has 0 aliphatic carbocycles. The van der Waals surface area contributed by atoms with Crippen LogP contribution in [-0.2, 0) is 0 Å². The standard InChI is InChI=1S/C12H19BrN2O/c13-11-9-10(14)5-6-12(11)15-7-3-1-2-4-8-16/h5-6,9,15-16H,1-4,7-8,14H2. The molecule has 0 aliphatic rings. The van der Waals surface area contributed by atoms with Crippen molar-refractivity contribution in [1.82, 2.24) is 0 Å². The van der Waals surface area contributed by atoms with Gasteiger partial charge in [-0.15, -0.1) is 0 Å². The van der Waals surface area contributed by atoms with Gasteiger partial charge in [0.25, 0.3) is 0 Å². The number of halogens is 1. The van der Waals surface area contributed by atoms with Gasteiger partial charge in [0, 0.05) is 29.0 Å². The van der Waals surface area contributed by atoms with E-state index in [1.807, 2.05) is 18.2 Å². The number of nitrogens with two attached hydrogens (primary N) is 1.